The predicted octanol–water partition coefficient (Wildman–Crippen LogP) is 4.84. The molecule has 0 aliphatic heterocycles. The minimum Gasteiger partial charge on any atom is -0.497 e. The molecule has 1 atom stereocenters. The Bertz CT molecular complexity index is 1390. The van der Waals surface area contributed by atoms with Gasteiger partial charge in [0.25, 0.3) is 10.0 Å². The number of hydrogen-bond donors (Lipinski definition) is 1. The lowest BCUT2D eigenvalue weighted by Gasteiger charge is -2.32. The molecule has 3 aromatic carbocycles. The van der Waals surface area contributed by atoms with Crippen LogP contribution in [0.2, 0.25) is 0 Å². The summed E-state index contributed by atoms with van der Waals surface area (Å²) in [5.41, 5.74) is 2.85. The Morgan fingerprint density at radius 1 is 0.950 bits per heavy atom. The van der Waals surface area contributed by atoms with E-state index in [9.17, 15) is 18.0 Å². The van der Waals surface area contributed by atoms with E-state index in [4.69, 9.17) is 4.74 Å². The Morgan fingerprint density at radius 2 is 1.62 bits per heavy atom. The van der Waals surface area contributed by atoms with Gasteiger partial charge in [0.1, 0.15) is 18.3 Å². The van der Waals surface area contributed by atoms with Crippen molar-refractivity contribution < 1.29 is 22.7 Å². The molecule has 40 heavy (non-hydrogen) atoms. The summed E-state index contributed by atoms with van der Waals surface area (Å²) in [6, 6.07) is 19.8. The maximum atomic E-state index is 14.0. The van der Waals surface area contributed by atoms with Gasteiger partial charge in [-0.05, 0) is 74.2 Å². The van der Waals surface area contributed by atoms with E-state index in [0.29, 0.717) is 18.0 Å². The predicted molar refractivity (Wildman–Crippen MR) is 158 cm³/mol. The second-order valence-electron chi connectivity index (χ2n) is 9.73. The Labute approximate surface area is 238 Å². The SMILES string of the molecule is CCCCNC(=O)[C@H](C)N(Cc1ccc(OC)cc1)C(=O)CN(c1cccc(C)c1C)S(=O)(=O)c1ccccc1. The van der Waals surface area contributed by atoms with Gasteiger partial charge < -0.3 is 15.0 Å². The van der Waals surface area contributed by atoms with Gasteiger partial charge >= 0.3 is 0 Å². The molecule has 0 radical (unpaired) electrons. The molecule has 0 fully saturated rings. The number of carbonyl (C=O) groups is 2. The van der Waals surface area contributed by atoms with Crippen molar-refractivity contribution in [1.82, 2.24) is 10.2 Å². The Morgan fingerprint density at radius 3 is 2.25 bits per heavy atom. The third-order valence-electron chi connectivity index (χ3n) is 6.96. The Balaban J connectivity index is 2.02. The van der Waals surface area contributed by atoms with Gasteiger partial charge in [-0.2, -0.15) is 0 Å². The van der Waals surface area contributed by atoms with Gasteiger partial charge in [0.05, 0.1) is 17.7 Å². The smallest absolute Gasteiger partial charge is 0.264 e. The number of nitrogens with zero attached hydrogens (tertiary/aromatic N) is 2. The molecule has 1 N–H and O–H groups in total. The molecule has 0 aliphatic carbocycles. The maximum absolute atomic E-state index is 14.0. The quantitative estimate of drug-likeness (QED) is 0.299. The number of hydrogen-bond acceptors (Lipinski definition) is 5. The first kappa shape index (κ1) is 30.7. The Hall–Kier alpha value is -3.85. The number of benzene rings is 3. The van der Waals surface area contributed by atoms with Crippen molar-refractivity contribution in [3.63, 3.8) is 0 Å². The van der Waals surface area contributed by atoms with Gasteiger partial charge in [-0.15, -0.1) is 0 Å². The number of nitrogens with one attached hydrogen (secondary N) is 1. The molecule has 3 rings (SSSR count). The van der Waals surface area contributed by atoms with Crippen molar-refractivity contribution in [1.29, 1.82) is 0 Å². The average Bonchev–Trinajstić information content (AvgIpc) is 2.96. The van der Waals surface area contributed by atoms with Crippen molar-refractivity contribution >= 4 is 27.5 Å². The van der Waals surface area contributed by atoms with Crippen LogP contribution in [0.25, 0.3) is 0 Å². The third-order valence-corrected chi connectivity index (χ3v) is 8.74. The minimum absolute atomic E-state index is 0.0794. The van der Waals surface area contributed by atoms with Crippen LogP contribution in [-0.4, -0.2) is 51.4 Å². The first-order valence-corrected chi connectivity index (χ1v) is 14.9. The summed E-state index contributed by atoms with van der Waals surface area (Å²) < 4.78 is 34.2. The molecular weight excluding hydrogens is 526 g/mol. The van der Waals surface area contributed by atoms with Crippen LogP contribution in [0.4, 0.5) is 5.69 Å². The van der Waals surface area contributed by atoms with Gasteiger partial charge in [-0.3, -0.25) is 13.9 Å². The molecular formula is C31H39N3O5S. The number of amides is 2. The number of unbranched alkanes of at least 4 members (excludes halogenated alkanes) is 1. The molecule has 0 aromatic heterocycles. The van der Waals surface area contributed by atoms with Crippen LogP contribution >= 0.6 is 0 Å². The highest BCUT2D eigenvalue weighted by Gasteiger charge is 2.33. The first-order valence-electron chi connectivity index (χ1n) is 13.4. The number of ether oxygens (including phenoxy) is 1. The van der Waals surface area contributed by atoms with Gasteiger partial charge in [-0.1, -0.05) is 55.8 Å². The lowest BCUT2D eigenvalue weighted by Crippen LogP contribution is -2.51. The molecule has 0 unspecified atom stereocenters. The molecule has 8 nitrogen and oxygen atoms in total. The molecule has 9 heteroatoms. The van der Waals surface area contributed by atoms with Crippen molar-refractivity contribution in [2.75, 3.05) is 24.5 Å². The van der Waals surface area contributed by atoms with Gasteiger partial charge in [0.15, 0.2) is 0 Å². The highest BCUT2D eigenvalue weighted by atomic mass is 32.2. The first-order chi connectivity index (χ1) is 19.1. The molecule has 2 amide bonds. The number of sulfonamides is 1. The average molecular weight is 566 g/mol. The zero-order valence-electron chi connectivity index (χ0n) is 23.9. The molecule has 0 saturated carbocycles. The van der Waals surface area contributed by atoms with E-state index in [2.05, 4.69) is 5.32 Å². The zero-order chi connectivity index (χ0) is 29.3. The second kappa shape index (κ2) is 14.0. The fourth-order valence-electron chi connectivity index (χ4n) is 4.29. The summed E-state index contributed by atoms with van der Waals surface area (Å²) in [5, 5.41) is 2.90. The van der Waals surface area contributed by atoms with E-state index in [1.165, 1.54) is 17.0 Å². The van der Waals surface area contributed by atoms with E-state index < -0.39 is 28.5 Å². The summed E-state index contributed by atoms with van der Waals surface area (Å²) in [6.45, 7) is 7.58. The maximum Gasteiger partial charge on any atom is 0.264 e. The molecule has 0 aliphatic rings. The lowest BCUT2D eigenvalue weighted by atomic mass is 10.1. The van der Waals surface area contributed by atoms with Crippen LogP contribution < -0.4 is 14.4 Å². The summed E-state index contributed by atoms with van der Waals surface area (Å²) in [7, 11) is -2.53. The summed E-state index contributed by atoms with van der Waals surface area (Å²) >= 11 is 0. The van der Waals surface area contributed by atoms with E-state index in [1.54, 1.807) is 56.5 Å². The fourth-order valence-corrected chi connectivity index (χ4v) is 5.78. The van der Waals surface area contributed by atoms with Crippen LogP contribution in [0.1, 0.15) is 43.4 Å². The second-order valence-corrected chi connectivity index (χ2v) is 11.6. The van der Waals surface area contributed by atoms with E-state index in [1.807, 2.05) is 39.0 Å². The monoisotopic (exact) mass is 565 g/mol. The fraction of sp³-hybridized carbons (Fsp3) is 0.355. The molecule has 0 heterocycles. The molecule has 214 valence electrons. The molecule has 3 aromatic rings. The molecule has 0 spiro atoms. The van der Waals surface area contributed by atoms with E-state index >= 15 is 0 Å². The normalized spacial score (nSPS) is 11.9. The highest BCUT2D eigenvalue weighted by Crippen LogP contribution is 2.29. The van der Waals surface area contributed by atoms with Crippen molar-refractivity contribution in [3.05, 3.63) is 89.5 Å². The molecule has 0 bridgehead atoms. The van der Waals surface area contributed by atoms with Crippen LogP contribution in [0.5, 0.6) is 5.75 Å². The van der Waals surface area contributed by atoms with Crippen LogP contribution in [0, 0.1) is 13.8 Å². The van der Waals surface area contributed by atoms with Gasteiger partial charge in [0, 0.05) is 13.1 Å². The minimum atomic E-state index is -4.10. The summed E-state index contributed by atoms with van der Waals surface area (Å²) in [5.74, 6) is -0.115. The standard InChI is InChI=1S/C31H39N3O5S/c1-6-7-20-32-31(36)25(4)33(21-26-16-18-27(39-5)19-17-26)30(35)22-34(29-15-11-12-23(2)24(29)3)40(37,38)28-13-9-8-10-14-28/h8-19,25H,6-7,20-22H2,1-5H3,(H,32,36)/t25-/m0/s1. The molecule has 0 saturated heterocycles. The highest BCUT2D eigenvalue weighted by molar-refractivity contribution is 7.92. The number of anilines is 1. The van der Waals surface area contributed by atoms with Crippen LogP contribution in [-0.2, 0) is 26.2 Å². The number of methoxy groups -OCH3 is 1. The third kappa shape index (κ3) is 7.41. The van der Waals surface area contributed by atoms with Gasteiger partial charge in [0.2, 0.25) is 11.8 Å². The van der Waals surface area contributed by atoms with E-state index in [0.717, 1.165) is 33.8 Å². The largest absolute Gasteiger partial charge is 0.497 e. The lowest BCUT2D eigenvalue weighted by molar-refractivity contribution is -0.139. The number of carbonyl (C=O) groups excluding carboxylic acids is 2. The zero-order valence-corrected chi connectivity index (χ0v) is 24.7. The summed E-state index contributed by atoms with van der Waals surface area (Å²) in [6.07, 6.45) is 1.74. The number of aryl methyl sites for hydroxylation is 1. The Kier molecular flexibility index (Phi) is 10.7. The van der Waals surface area contributed by atoms with Crippen molar-refractivity contribution in [2.24, 2.45) is 0 Å². The topological polar surface area (TPSA) is 96.0 Å². The van der Waals surface area contributed by atoms with Crippen LogP contribution in [0.3, 0.4) is 0 Å². The van der Waals surface area contributed by atoms with Crippen LogP contribution in [0.15, 0.2) is 77.7 Å². The van der Waals surface area contributed by atoms with E-state index in [-0.39, 0.29) is 17.3 Å². The number of rotatable bonds is 13. The summed E-state index contributed by atoms with van der Waals surface area (Å²) in [4.78, 5) is 28.6. The van der Waals surface area contributed by atoms with Crippen molar-refractivity contribution in [2.45, 2.75) is 58.0 Å². The van der Waals surface area contributed by atoms with Gasteiger partial charge in [-0.25, -0.2) is 8.42 Å². The van der Waals surface area contributed by atoms with Crippen molar-refractivity contribution in [3.8, 4) is 5.75 Å².